The van der Waals surface area contributed by atoms with Crippen LogP contribution >= 0.6 is 11.6 Å². The molecule has 3 aromatic heterocycles. The molecule has 3 aliphatic heterocycles. The van der Waals surface area contributed by atoms with Crippen LogP contribution in [0, 0.1) is 0 Å². The number of amides is 4. The topological polar surface area (TPSA) is 159 Å². The van der Waals surface area contributed by atoms with Crippen molar-refractivity contribution in [1.82, 2.24) is 39.3 Å². The van der Waals surface area contributed by atoms with Crippen molar-refractivity contribution in [2.45, 2.75) is 37.8 Å². The molecule has 0 aliphatic carbocycles. The van der Waals surface area contributed by atoms with Gasteiger partial charge in [-0.15, -0.1) is 5.10 Å². The molecule has 2 saturated heterocycles. The van der Waals surface area contributed by atoms with Gasteiger partial charge in [-0.25, -0.2) is 4.79 Å². The molecule has 296 valence electrons. The van der Waals surface area contributed by atoms with Crippen LogP contribution in [0.15, 0.2) is 71.7 Å². The Kier molecular flexibility index (Phi) is 9.85. The Bertz CT molecular complexity index is 2420. The van der Waals surface area contributed by atoms with E-state index in [9.17, 15) is 32.3 Å². The fraction of sp³-hybridized carbons (Fsp3) is 0.342. The van der Waals surface area contributed by atoms with E-state index in [4.69, 9.17) is 21.3 Å². The summed E-state index contributed by atoms with van der Waals surface area (Å²) in [6.45, 7) is 2.50. The molecule has 0 atom stereocenters. The van der Waals surface area contributed by atoms with E-state index in [0.717, 1.165) is 28.4 Å². The smallest absolute Gasteiger partial charge is 0.368 e. The summed E-state index contributed by atoms with van der Waals surface area (Å²) in [5.41, 5.74) is -0.0315. The molecule has 0 bridgehead atoms. The molecule has 8 rings (SSSR count). The first-order chi connectivity index (χ1) is 27.3. The van der Waals surface area contributed by atoms with Gasteiger partial charge in [0.05, 0.1) is 34.1 Å². The number of halogens is 4. The second kappa shape index (κ2) is 14.8. The van der Waals surface area contributed by atoms with Gasteiger partial charge in [-0.3, -0.25) is 19.4 Å². The summed E-state index contributed by atoms with van der Waals surface area (Å²) in [7, 11) is 1.60. The van der Waals surface area contributed by atoms with Crippen LogP contribution < -0.4 is 21.1 Å². The first kappa shape index (κ1) is 37.9. The zero-order valence-electron chi connectivity index (χ0n) is 30.6. The van der Waals surface area contributed by atoms with Crippen molar-refractivity contribution < 1.29 is 32.3 Å². The standard InChI is InChI=1S/C38H36ClF3N10O5/c1-43-36(56)50-18-16-48(17-19-50)25-8-5-23(6-9-25)32-46-35-51(21-30(53)45-27-10-7-24(20-26(27)39)38(40,41)42)29-22-57-37(31(29)34(55)52(35)47-32)11-14-49(15-12-37)33(54)28-4-2-3-13-44-28/h2-10,13,20H,11-12,14-19,21-22H2,1H3,(H,43,56)(H,45,53). The molecule has 15 nitrogen and oxygen atoms in total. The number of ether oxygens (including phenoxy) is 1. The van der Waals surface area contributed by atoms with Crippen LogP contribution in [0.4, 0.5) is 29.3 Å². The van der Waals surface area contributed by atoms with Gasteiger partial charge in [0.2, 0.25) is 11.7 Å². The van der Waals surface area contributed by atoms with Gasteiger partial charge in [0.15, 0.2) is 5.82 Å². The molecule has 4 amide bonds. The molecular formula is C38H36ClF3N10O5. The summed E-state index contributed by atoms with van der Waals surface area (Å²) < 4.78 is 48.9. The molecule has 2 N–H and O–H groups in total. The fourth-order valence-corrected chi connectivity index (χ4v) is 7.89. The van der Waals surface area contributed by atoms with E-state index in [1.807, 2.05) is 24.3 Å². The first-order valence-electron chi connectivity index (χ1n) is 18.2. The zero-order chi connectivity index (χ0) is 40.1. The van der Waals surface area contributed by atoms with Crippen LogP contribution in [0.1, 0.15) is 40.2 Å². The number of nitrogens with one attached hydrogen (secondary N) is 2. The largest absolute Gasteiger partial charge is 0.416 e. The minimum absolute atomic E-state index is 0.0293. The lowest BCUT2D eigenvalue weighted by Crippen LogP contribution is -2.51. The molecule has 5 aromatic rings. The fourth-order valence-electron chi connectivity index (χ4n) is 7.66. The molecule has 0 radical (unpaired) electrons. The Morgan fingerprint density at radius 1 is 0.947 bits per heavy atom. The van der Waals surface area contributed by atoms with E-state index < -0.39 is 35.4 Å². The minimum Gasteiger partial charge on any atom is -0.368 e. The Labute approximate surface area is 328 Å². The number of piperazine rings is 1. The number of fused-ring (bicyclic) bond motifs is 3. The maximum atomic E-state index is 14.4. The molecule has 3 aliphatic rings. The van der Waals surface area contributed by atoms with E-state index >= 15 is 0 Å². The van der Waals surface area contributed by atoms with Gasteiger partial charge in [-0.05, 0) is 67.4 Å². The quantitative estimate of drug-likeness (QED) is 0.254. The second-order valence-corrected chi connectivity index (χ2v) is 14.4. The van der Waals surface area contributed by atoms with Crippen molar-refractivity contribution in [2.75, 3.05) is 56.5 Å². The number of pyridine rings is 1. The van der Waals surface area contributed by atoms with Crippen LogP contribution in [-0.2, 0) is 34.5 Å². The molecule has 1 spiro atoms. The highest BCUT2D eigenvalue weighted by molar-refractivity contribution is 6.33. The third-order valence-electron chi connectivity index (χ3n) is 10.7. The number of urea groups is 1. The highest BCUT2D eigenvalue weighted by Gasteiger charge is 2.48. The van der Waals surface area contributed by atoms with Crippen LogP contribution in [-0.4, -0.2) is 98.1 Å². The van der Waals surface area contributed by atoms with Crippen LogP contribution in [0.5, 0.6) is 0 Å². The SMILES string of the molecule is CNC(=O)N1CCN(c2ccc(-c3nc4n(CC(=O)Nc5ccc(C(F)(F)F)cc5Cl)c5c(c(=O)n4n3)C3(CCN(C(=O)c4ccccn4)CC3)OC5)cc2)CC1. The normalized spacial score (nSPS) is 16.5. The van der Waals surface area contributed by atoms with E-state index in [-0.39, 0.29) is 66.8 Å². The van der Waals surface area contributed by atoms with Gasteiger partial charge >= 0.3 is 12.2 Å². The number of piperidine rings is 1. The summed E-state index contributed by atoms with van der Waals surface area (Å²) in [6.07, 6.45) is -2.51. The van der Waals surface area contributed by atoms with Crippen molar-refractivity contribution >= 4 is 46.6 Å². The number of alkyl halides is 3. The summed E-state index contributed by atoms with van der Waals surface area (Å²) in [6, 6.07) is 15.1. The molecule has 19 heteroatoms. The van der Waals surface area contributed by atoms with Crippen molar-refractivity contribution in [1.29, 1.82) is 0 Å². The summed E-state index contributed by atoms with van der Waals surface area (Å²) in [4.78, 5) is 67.8. The van der Waals surface area contributed by atoms with Crippen molar-refractivity contribution in [3.63, 3.8) is 0 Å². The van der Waals surface area contributed by atoms with Crippen molar-refractivity contribution in [3.8, 4) is 11.4 Å². The highest BCUT2D eigenvalue weighted by atomic mass is 35.5. The maximum Gasteiger partial charge on any atom is 0.416 e. The van der Waals surface area contributed by atoms with Gasteiger partial charge in [-0.2, -0.15) is 22.7 Å². The monoisotopic (exact) mass is 804 g/mol. The summed E-state index contributed by atoms with van der Waals surface area (Å²) >= 11 is 6.16. The van der Waals surface area contributed by atoms with E-state index in [1.165, 1.54) is 4.57 Å². The Morgan fingerprint density at radius 3 is 2.33 bits per heavy atom. The van der Waals surface area contributed by atoms with Crippen molar-refractivity contribution in [2.24, 2.45) is 0 Å². The van der Waals surface area contributed by atoms with E-state index in [0.29, 0.717) is 48.7 Å². The number of benzene rings is 2. The number of nitrogens with zero attached hydrogens (tertiary/aromatic N) is 8. The lowest BCUT2D eigenvalue weighted by molar-refractivity contribution is -0.137. The number of likely N-dealkylation sites (tertiary alicyclic amines) is 1. The lowest BCUT2D eigenvalue weighted by Gasteiger charge is -2.38. The van der Waals surface area contributed by atoms with Gasteiger partial charge in [0.1, 0.15) is 17.8 Å². The average Bonchev–Trinajstić information content (AvgIpc) is 3.83. The Morgan fingerprint density at radius 2 is 1.68 bits per heavy atom. The molecule has 2 aromatic carbocycles. The number of hydrogen-bond donors (Lipinski definition) is 2. The first-order valence-corrected chi connectivity index (χ1v) is 18.6. The Balaban J connectivity index is 1.12. The second-order valence-electron chi connectivity index (χ2n) is 14.0. The predicted molar refractivity (Wildman–Crippen MR) is 202 cm³/mol. The van der Waals surface area contributed by atoms with Gasteiger partial charge in [0.25, 0.3) is 11.5 Å². The van der Waals surface area contributed by atoms with E-state index in [2.05, 4.69) is 25.6 Å². The number of carbonyl (C=O) groups excluding carboxylic acids is 3. The summed E-state index contributed by atoms with van der Waals surface area (Å²) in [5.74, 6) is -0.613. The Hall–Kier alpha value is -6.01. The molecule has 57 heavy (non-hydrogen) atoms. The average molecular weight is 805 g/mol. The van der Waals surface area contributed by atoms with Crippen LogP contribution in [0.25, 0.3) is 17.2 Å². The number of hydrogen-bond acceptors (Lipinski definition) is 9. The number of carbonyl (C=O) groups is 3. The summed E-state index contributed by atoms with van der Waals surface area (Å²) in [5, 5.41) is 9.55. The van der Waals surface area contributed by atoms with Crippen molar-refractivity contribution in [3.05, 3.63) is 105 Å². The number of aromatic nitrogens is 5. The molecule has 2 fully saturated rings. The van der Waals surface area contributed by atoms with E-state index in [1.54, 1.807) is 41.2 Å². The van der Waals surface area contributed by atoms with Gasteiger partial charge in [-0.1, -0.05) is 17.7 Å². The molecular weight excluding hydrogens is 769 g/mol. The van der Waals surface area contributed by atoms with Gasteiger partial charge in [0, 0.05) is 63.8 Å². The highest BCUT2D eigenvalue weighted by Crippen LogP contribution is 2.43. The molecule has 0 unspecified atom stereocenters. The zero-order valence-corrected chi connectivity index (χ0v) is 31.3. The van der Waals surface area contributed by atoms with Gasteiger partial charge < -0.3 is 34.6 Å². The molecule has 0 saturated carbocycles. The van der Waals surface area contributed by atoms with Crippen LogP contribution in [0.2, 0.25) is 5.02 Å². The minimum atomic E-state index is -4.62. The number of rotatable bonds is 6. The third-order valence-corrected chi connectivity index (χ3v) is 11.0. The van der Waals surface area contributed by atoms with Crippen LogP contribution in [0.3, 0.4) is 0 Å². The maximum absolute atomic E-state index is 14.4. The lowest BCUT2D eigenvalue weighted by atomic mass is 9.85. The number of anilines is 2. The predicted octanol–water partition coefficient (Wildman–Crippen LogP) is 4.39. The molecule has 6 heterocycles. The third kappa shape index (κ3) is 7.14.